The third kappa shape index (κ3) is 3.78. The second-order valence-corrected chi connectivity index (χ2v) is 7.53. The van der Waals surface area contributed by atoms with E-state index in [0.29, 0.717) is 23.8 Å². The normalized spacial score (nSPS) is 34.5. The number of halogens is 1. The van der Waals surface area contributed by atoms with E-state index in [4.69, 9.17) is 0 Å². The van der Waals surface area contributed by atoms with Crippen molar-refractivity contribution >= 4 is 21.8 Å². The van der Waals surface area contributed by atoms with E-state index in [1.807, 2.05) is 0 Å². The van der Waals surface area contributed by atoms with Gasteiger partial charge in [-0.25, -0.2) is 0 Å². The van der Waals surface area contributed by atoms with Crippen LogP contribution in [-0.2, 0) is 4.79 Å². The lowest BCUT2D eigenvalue weighted by molar-refractivity contribution is -0.137. The van der Waals surface area contributed by atoms with Gasteiger partial charge in [0.1, 0.15) is 0 Å². The molecule has 1 aliphatic carbocycles. The lowest BCUT2D eigenvalue weighted by Gasteiger charge is -2.33. The Labute approximate surface area is 132 Å². The Morgan fingerprint density at radius 1 is 1.20 bits per heavy atom. The van der Waals surface area contributed by atoms with Gasteiger partial charge in [-0.3, -0.25) is 4.79 Å². The van der Waals surface area contributed by atoms with Gasteiger partial charge in [0.25, 0.3) is 0 Å². The first-order valence-electron chi connectivity index (χ1n) is 8.53. The molecule has 1 amide bonds. The molecule has 1 aliphatic heterocycles. The van der Waals surface area contributed by atoms with Crippen molar-refractivity contribution in [1.29, 1.82) is 0 Å². The fourth-order valence-corrected chi connectivity index (χ4v) is 4.93. The molecule has 0 spiro atoms. The van der Waals surface area contributed by atoms with Crippen LogP contribution in [0.3, 0.4) is 0 Å². The van der Waals surface area contributed by atoms with Gasteiger partial charge >= 0.3 is 0 Å². The zero-order valence-corrected chi connectivity index (χ0v) is 14.7. The van der Waals surface area contributed by atoms with E-state index in [2.05, 4.69) is 34.7 Å². The van der Waals surface area contributed by atoms with Crippen molar-refractivity contribution in [3.63, 3.8) is 0 Å². The van der Waals surface area contributed by atoms with Crippen LogP contribution in [0.4, 0.5) is 0 Å². The lowest BCUT2D eigenvalue weighted by Crippen LogP contribution is -2.42. The molecule has 2 nitrogen and oxygen atoms in total. The SMILES string of the molecule is CCCCC1CCC(C(=O)N2CCC(C)C2CBr)CC1. The van der Waals surface area contributed by atoms with Gasteiger partial charge in [0.05, 0.1) is 0 Å². The first-order chi connectivity index (χ1) is 9.67. The van der Waals surface area contributed by atoms with Crippen molar-refractivity contribution in [2.45, 2.75) is 71.3 Å². The van der Waals surface area contributed by atoms with Crippen molar-refractivity contribution in [3.8, 4) is 0 Å². The predicted molar refractivity (Wildman–Crippen MR) is 88.0 cm³/mol. The molecule has 2 unspecified atom stereocenters. The number of alkyl halides is 1. The van der Waals surface area contributed by atoms with E-state index < -0.39 is 0 Å². The van der Waals surface area contributed by atoms with Gasteiger partial charge in [-0.2, -0.15) is 0 Å². The molecular formula is C17H30BrNO. The highest BCUT2D eigenvalue weighted by atomic mass is 79.9. The van der Waals surface area contributed by atoms with Crippen molar-refractivity contribution in [2.24, 2.45) is 17.8 Å². The summed E-state index contributed by atoms with van der Waals surface area (Å²) in [5, 5.41) is 0.936. The predicted octanol–water partition coefficient (Wildman–Crippen LogP) is 4.61. The van der Waals surface area contributed by atoms with E-state index in [-0.39, 0.29) is 0 Å². The Morgan fingerprint density at radius 2 is 1.90 bits per heavy atom. The van der Waals surface area contributed by atoms with Crippen molar-refractivity contribution in [1.82, 2.24) is 4.90 Å². The Morgan fingerprint density at radius 3 is 2.50 bits per heavy atom. The van der Waals surface area contributed by atoms with Gasteiger partial charge in [0.2, 0.25) is 5.91 Å². The zero-order valence-electron chi connectivity index (χ0n) is 13.1. The monoisotopic (exact) mass is 343 g/mol. The smallest absolute Gasteiger partial charge is 0.225 e. The van der Waals surface area contributed by atoms with Crippen molar-refractivity contribution in [2.75, 3.05) is 11.9 Å². The molecule has 2 fully saturated rings. The molecule has 1 saturated heterocycles. The summed E-state index contributed by atoms with van der Waals surface area (Å²) in [5.41, 5.74) is 0. The van der Waals surface area contributed by atoms with Gasteiger partial charge in [0, 0.05) is 23.8 Å². The molecule has 20 heavy (non-hydrogen) atoms. The van der Waals surface area contributed by atoms with Crippen molar-refractivity contribution in [3.05, 3.63) is 0 Å². The van der Waals surface area contributed by atoms with Gasteiger partial charge < -0.3 is 4.90 Å². The van der Waals surface area contributed by atoms with Crippen LogP contribution in [-0.4, -0.2) is 28.7 Å². The molecule has 2 rings (SSSR count). The summed E-state index contributed by atoms with van der Waals surface area (Å²) >= 11 is 3.59. The number of amides is 1. The van der Waals surface area contributed by atoms with Crippen LogP contribution in [0, 0.1) is 17.8 Å². The van der Waals surface area contributed by atoms with Crippen LogP contribution in [0.15, 0.2) is 0 Å². The van der Waals surface area contributed by atoms with E-state index in [1.54, 1.807) is 0 Å². The van der Waals surface area contributed by atoms with E-state index in [1.165, 1.54) is 38.5 Å². The highest BCUT2D eigenvalue weighted by Gasteiger charge is 2.37. The molecule has 0 radical (unpaired) electrons. The van der Waals surface area contributed by atoms with Crippen LogP contribution >= 0.6 is 15.9 Å². The molecule has 1 heterocycles. The number of hydrogen-bond donors (Lipinski definition) is 0. The number of nitrogens with zero attached hydrogens (tertiary/aromatic N) is 1. The Kier molecular flexibility index (Phi) is 6.38. The number of likely N-dealkylation sites (tertiary alicyclic amines) is 1. The number of unbranched alkanes of at least 4 members (excludes halogenated alkanes) is 1. The average molecular weight is 344 g/mol. The van der Waals surface area contributed by atoms with Crippen molar-refractivity contribution < 1.29 is 4.79 Å². The summed E-state index contributed by atoms with van der Waals surface area (Å²) in [6, 6.07) is 0.431. The lowest BCUT2D eigenvalue weighted by atomic mass is 9.79. The largest absolute Gasteiger partial charge is 0.338 e. The molecule has 3 heteroatoms. The minimum Gasteiger partial charge on any atom is -0.338 e. The first kappa shape index (κ1) is 16.3. The molecule has 2 aliphatic rings. The maximum absolute atomic E-state index is 12.7. The topological polar surface area (TPSA) is 20.3 Å². The van der Waals surface area contributed by atoms with E-state index in [0.717, 1.165) is 30.6 Å². The summed E-state index contributed by atoms with van der Waals surface area (Å²) < 4.78 is 0. The Balaban J connectivity index is 1.82. The zero-order chi connectivity index (χ0) is 14.5. The quantitative estimate of drug-likeness (QED) is 0.667. The molecule has 116 valence electrons. The minimum absolute atomic E-state index is 0.319. The van der Waals surface area contributed by atoms with Crippen LogP contribution in [0.25, 0.3) is 0 Å². The second kappa shape index (κ2) is 7.82. The van der Waals surface area contributed by atoms with Gasteiger partial charge in [0.15, 0.2) is 0 Å². The molecule has 2 atom stereocenters. The van der Waals surface area contributed by atoms with Crippen LogP contribution in [0.5, 0.6) is 0 Å². The summed E-state index contributed by atoms with van der Waals surface area (Å²) in [7, 11) is 0. The summed E-state index contributed by atoms with van der Waals surface area (Å²) in [5.74, 6) is 2.31. The number of hydrogen-bond acceptors (Lipinski definition) is 1. The van der Waals surface area contributed by atoms with Gasteiger partial charge in [-0.1, -0.05) is 49.0 Å². The Bertz CT molecular complexity index is 312. The van der Waals surface area contributed by atoms with Crippen LogP contribution in [0.2, 0.25) is 0 Å². The molecule has 0 bridgehead atoms. The molecule has 0 N–H and O–H groups in total. The minimum atomic E-state index is 0.319. The molecule has 0 aromatic carbocycles. The summed E-state index contributed by atoms with van der Waals surface area (Å²) in [4.78, 5) is 14.9. The maximum Gasteiger partial charge on any atom is 0.225 e. The van der Waals surface area contributed by atoms with Crippen LogP contribution < -0.4 is 0 Å². The fourth-order valence-electron chi connectivity index (χ4n) is 3.94. The summed E-state index contributed by atoms with van der Waals surface area (Å²) in [6.45, 7) is 5.52. The van der Waals surface area contributed by atoms with Gasteiger partial charge in [-0.05, 0) is 43.9 Å². The van der Waals surface area contributed by atoms with E-state index in [9.17, 15) is 4.79 Å². The van der Waals surface area contributed by atoms with Gasteiger partial charge in [-0.15, -0.1) is 0 Å². The second-order valence-electron chi connectivity index (χ2n) is 6.88. The maximum atomic E-state index is 12.7. The third-order valence-corrected chi connectivity index (χ3v) is 6.15. The highest BCUT2D eigenvalue weighted by Crippen LogP contribution is 2.35. The Hall–Kier alpha value is -0.0500. The average Bonchev–Trinajstić information content (AvgIpc) is 2.85. The fraction of sp³-hybridized carbons (Fsp3) is 0.941. The van der Waals surface area contributed by atoms with E-state index >= 15 is 0 Å². The molecular weight excluding hydrogens is 314 g/mol. The van der Waals surface area contributed by atoms with Crippen LogP contribution in [0.1, 0.15) is 65.2 Å². The number of rotatable bonds is 5. The first-order valence-corrected chi connectivity index (χ1v) is 9.66. The summed E-state index contributed by atoms with van der Waals surface area (Å²) in [6.07, 6.45) is 10.0. The number of carbonyl (C=O) groups excluding carboxylic acids is 1. The number of carbonyl (C=O) groups is 1. The molecule has 0 aromatic rings. The standard InChI is InChI=1S/C17H30BrNO/c1-3-4-5-14-6-8-15(9-7-14)17(20)19-11-10-13(2)16(19)12-18/h13-16H,3-12H2,1-2H3. The third-order valence-electron chi connectivity index (χ3n) is 5.49. The highest BCUT2D eigenvalue weighted by molar-refractivity contribution is 9.09. The molecule has 1 saturated carbocycles. The molecule has 0 aromatic heterocycles.